The van der Waals surface area contributed by atoms with Crippen LogP contribution >= 0.6 is 0 Å². The monoisotopic (exact) mass is 338 g/mol. The Morgan fingerprint density at radius 1 is 1.20 bits per heavy atom. The van der Waals surface area contributed by atoms with Crippen molar-refractivity contribution in [2.75, 3.05) is 5.32 Å². The molecule has 0 spiro atoms. The number of benzene rings is 1. The van der Waals surface area contributed by atoms with E-state index >= 15 is 0 Å². The smallest absolute Gasteiger partial charge is 0.272 e. The lowest BCUT2D eigenvalue weighted by atomic mass is 10.2. The Kier molecular flexibility index (Phi) is 4.38. The van der Waals surface area contributed by atoms with Gasteiger partial charge in [0, 0.05) is 36.3 Å². The number of nitrogens with one attached hydrogen (secondary N) is 2. The maximum Gasteiger partial charge on any atom is 0.272 e. The third-order valence-corrected chi connectivity index (χ3v) is 3.66. The van der Waals surface area contributed by atoms with Crippen LogP contribution in [0.5, 0.6) is 11.6 Å². The summed E-state index contributed by atoms with van der Waals surface area (Å²) < 4.78 is 7.22. The van der Waals surface area contributed by atoms with Crippen LogP contribution in [0.4, 0.5) is 5.69 Å². The van der Waals surface area contributed by atoms with Crippen molar-refractivity contribution < 1.29 is 14.3 Å². The molecule has 128 valence electrons. The van der Waals surface area contributed by atoms with E-state index in [-0.39, 0.29) is 11.7 Å². The van der Waals surface area contributed by atoms with Crippen molar-refractivity contribution in [3.05, 3.63) is 59.5 Å². The van der Waals surface area contributed by atoms with Gasteiger partial charge in [0.05, 0.1) is 0 Å². The van der Waals surface area contributed by atoms with Crippen LogP contribution in [0.2, 0.25) is 0 Å². The van der Waals surface area contributed by atoms with Crippen LogP contribution in [0.25, 0.3) is 0 Å². The molecule has 0 aliphatic heterocycles. The van der Waals surface area contributed by atoms with Crippen molar-refractivity contribution in [2.45, 2.75) is 13.8 Å². The number of ketones is 1. The van der Waals surface area contributed by atoms with Gasteiger partial charge in [-0.25, -0.2) is 0 Å². The minimum atomic E-state index is -0.286. The summed E-state index contributed by atoms with van der Waals surface area (Å²) in [7, 11) is 1.73. The van der Waals surface area contributed by atoms with Crippen LogP contribution in [0.1, 0.15) is 33.5 Å². The molecule has 3 rings (SSSR count). The summed E-state index contributed by atoms with van der Waals surface area (Å²) in [6.45, 7) is 3.36. The quantitative estimate of drug-likeness (QED) is 0.699. The lowest BCUT2D eigenvalue weighted by Crippen LogP contribution is -2.15. The van der Waals surface area contributed by atoms with Crippen molar-refractivity contribution in [3.8, 4) is 11.6 Å². The number of ether oxygens (including phenoxy) is 1. The Balaban J connectivity index is 1.68. The first-order valence-electron chi connectivity index (χ1n) is 7.71. The Bertz CT molecular complexity index is 922. The lowest BCUT2D eigenvalue weighted by molar-refractivity contribution is 0.101. The highest BCUT2D eigenvalue weighted by Gasteiger charge is 2.14. The van der Waals surface area contributed by atoms with Crippen molar-refractivity contribution in [1.29, 1.82) is 0 Å². The predicted octanol–water partition coefficient (Wildman–Crippen LogP) is 3.30. The van der Waals surface area contributed by atoms with E-state index < -0.39 is 0 Å². The average Bonchev–Trinajstić information content (AvgIpc) is 3.15. The molecule has 0 radical (unpaired) electrons. The number of rotatable bonds is 5. The second-order valence-corrected chi connectivity index (χ2v) is 5.75. The molecular weight excluding hydrogens is 320 g/mol. The fraction of sp³-hybridized carbons (Fsp3) is 0.167. The molecule has 7 heteroatoms. The Hall–Kier alpha value is -3.35. The first-order valence-corrected chi connectivity index (χ1v) is 7.71. The van der Waals surface area contributed by atoms with Gasteiger partial charge in [-0.15, -0.1) is 5.10 Å². The molecule has 1 aromatic carbocycles. The number of aromatic nitrogens is 3. The zero-order valence-electron chi connectivity index (χ0n) is 14.2. The molecule has 0 atom stereocenters. The highest BCUT2D eigenvalue weighted by atomic mass is 16.5. The van der Waals surface area contributed by atoms with Crippen LogP contribution in [0.15, 0.2) is 42.6 Å². The molecule has 2 heterocycles. The molecule has 2 aromatic heterocycles. The van der Waals surface area contributed by atoms with Gasteiger partial charge in [0.15, 0.2) is 5.78 Å². The number of hydrogen-bond donors (Lipinski definition) is 2. The zero-order valence-corrected chi connectivity index (χ0v) is 14.2. The summed E-state index contributed by atoms with van der Waals surface area (Å²) >= 11 is 0. The SMILES string of the molecule is CC(=O)c1cc(C(=O)Nc2ccc(Oc3cc(C)[nH]n3)cc2)n(C)c1. The van der Waals surface area contributed by atoms with Crippen molar-refractivity contribution >= 4 is 17.4 Å². The molecule has 0 saturated heterocycles. The van der Waals surface area contributed by atoms with Gasteiger partial charge in [0.25, 0.3) is 5.91 Å². The number of hydrogen-bond acceptors (Lipinski definition) is 4. The van der Waals surface area contributed by atoms with Gasteiger partial charge in [0.1, 0.15) is 11.4 Å². The highest BCUT2D eigenvalue weighted by Crippen LogP contribution is 2.22. The second kappa shape index (κ2) is 6.64. The maximum atomic E-state index is 12.4. The molecule has 0 saturated carbocycles. The Labute approximate surface area is 144 Å². The highest BCUT2D eigenvalue weighted by molar-refractivity contribution is 6.05. The first-order chi connectivity index (χ1) is 11.9. The number of amides is 1. The number of aromatic amines is 1. The molecular formula is C18H18N4O3. The number of carbonyl (C=O) groups is 2. The van der Waals surface area contributed by atoms with Crippen molar-refractivity contribution in [1.82, 2.24) is 14.8 Å². The van der Waals surface area contributed by atoms with Crippen LogP contribution in [0.3, 0.4) is 0 Å². The van der Waals surface area contributed by atoms with Crippen molar-refractivity contribution in [3.63, 3.8) is 0 Å². The number of H-pyrrole nitrogens is 1. The zero-order chi connectivity index (χ0) is 18.0. The normalized spacial score (nSPS) is 10.5. The first kappa shape index (κ1) is 16.5. The Morgan fingerprint density at radius 3 is 2.48 bits per heavy atom. The fourth-order valence-electron chi connectivity index (χ4n) is 2.35. The van der Waals surface area contributed by atoms with E-state index in [4.69, 9.17) is 4.74 Å². The van der Waals surface area contributed by atoms with Crippen LogP contribution in [0, 0.1) is 6.92 Å². The molecule has 0 unspecified atom stereocenters. The van der Waals surface area contributed by atoms with Gasteiger partial charge in [0.2, 0.25) is 5.88 Å². The van der Waals surface area contributed by atoms with Gasteiger partial charge in [-0.05, 0) is 44.2 Å². The summed E-state index contributed by atoms with van der Waals surface area (Å²) in [5.41, 5.74) is 2.45. The summed E-state index contributed by atoms with van der Waals surface area (Å²) in [5.74, 6) is 0.730. The number of nitrogens with zero attached hydrogens (tertiary/aromatic N) is 2. The predicted molar refractivity (Wildman–Crippen MR) is 93.2 cm³/mol. The standard InChI is InChI=1S/C18H18N4O3/c1-11-8-17(21-20-11)25-15-6-4-14(5-7-15)19-18(24)16-9-13(12(2)23)10-22(16)3/h4-10H,1-3H3,(H,19,24)(H,20,21). The topological polar surface area (TPSA) is 89.0 Å². The average molecular weight is 338 g/mol. The van der Waals surface area contributed by atoms with E-state index in [9.17, 15) is 9.59 Å². The lowest BCUT2D eigenvalue weighted by Gasteiger charge is -2.07. The third-order valence-electron chi connectivity index (χ3n) is 3.66. The molecule has 0 bridgehead atoms. The number of carbonyl (C=O) groups excluding carboxylic acids is 2. The van der Waals surface area contributed by atoms with E-state index in [1.807, 2.05) is 6.92 Å². The van der Waals surface area contributed by atoms with Crippen LogP contribution in [-0.4, -0.2) is 26.5 Å². The molecule has 1 amide bonds. The summed E-state index contributed by atoms with van der Waals surface area (Å²) in [6, 6.07) is 10.3. The molecule has 0 fully saturated rings. The van der Waals surface area contributed by atoms with Crippen molar-refractivity contribution in [2.24, 2.45) is 7.05 Å². The molecule has 7 nitrogen and oxygen atoms in total. The summed E-state index contributed by atoms with van der Waals surface area (Å²) in [6.07, 6.45) is 1.64. The molecule has 25 heavy (non-hydrogen) atoms. The molecule has 2 N–H and O–H groups in total. The van der Waals surface area contributed by atoms with E-state index in [0.717, 1.165) is 5.69 Å². The summed E-state index contributed by atoms with van der Waals surface area (Å²) in [5, 5.41) is 9.60. The van der Waals surface area contributed by atoms with Gasteiger partial charge >= 0.3 is 0 Å². The number of Topliss-reactive ketones (excluding diaryl/α,β-unsaturated/α-hetero) is 1. The Morgan fingerprint density at radius 2 is 1.92 bits per heavy atom. The number of anilines is 1. The maximum absolute atomic E-state index is 12.4. The molecule has 0 aliphatic carbocycles. The number of aryl methyl sites for hydroxylation is 2. The van der Waals surface area contributed by atoms with Crippen LogP contribution in [-0.2, 0) is 7.05 Å². The fourth-order valence-corrected chi connectivity index (χ4v) is 2.35. The van der Waals surface area contributed by atoms with E-state index in [0.29, 0.717) is 28.6 Å². The van der Waals surface area contributed by atoms with Gasteiger partial charge in [-0.1, -0.05) is 0 Å². The van der Waals surface area contributed by atoms with E-state index in [1.165, 1.54) is 6.92 Å². The van der Waals surface area contributed by atoms with Gasteiger partial charge in [-0.2, -0.15) is 0 Å². The van der Waals surface area contributed by atoms with E-state index in [2.05, 4.69) is 15.5 Å². The minimum Gasteiger partial charge on any atom is -0.438 e. The molecule has 3 aromatic rings. The summed E-state index contributed by atoms with van der Waals surface area (Å²) in [4.78, 5) is 23.8. The minimum absolute atomic E-state index is 0.0789. The van der Waals surface area contributed by atoms with Crippen LogP contribution < -0.4 is 10.1 Å². The van der Waals surface area contributed by atoms with Gasteiger partial charge < -0.3 is 14.6 Å². The molecule has 0 aliphatic rings. The largest absolute Gasteiger partial charge is 0.438 e. The third kappa shape index (κ3) is 3.77. The van der Waals surface area contributed by atoms with Gasteiger partial charge in [-0.3, -0.25) is 14.7 Å². The second-order valence-electron chi connectivity index (χ2n) is 5.75. The van der Waals surface area contributed by atoms with E-state index in [1.54, 1.807) is 54.2 Å².